The third kappa shape index (κ3) is 6.97. The molecule has 104 valence electrons. The van der Waals surface area contributed by atoms with E-state index in [-0.39, 0.29) is 0 Å². The Morgan fingerprint density at radius 2 is 1.10 bits per heavy atom. The van der Waals surface area contributed by atoms with Crippen LogP contribution in [0.2, 0.25) is 0 Å². The Balaban J connectivity index is 1.59. The maximum atomic E-state index is 5.34. The SMILES string of the molecule is C(#CSc1ccccc1)COCC#CSc1ccccc1. The van der Waals surface area contributed by atoms with Gasteiger partial charge in [0, 0.05) is 9.79 Å². The molecule has 2 rings (SSSR count). The first-order valence-corrected chi connectivity index (χ1v) is 8.06. The van der Waals surface area contributed by atoms with Gasteiger partial charge in [-0.1, -0.05) is 48.2 Å². The van der Waals surface area contributed by atoms with E-state index >= 15 is 0 Å². The fourth-order valence-corrected chi connectivity index (χ4v) is 2.46. The summed E-state index contributed by atoms with van der Waals surface area (Å²) in [5.74, 6) is 5.92. The highest BCUT2D eigenvalue weighted by atomic mass is 32.2. The second-order valence-corrected chi connectivity index (χ2v) is 5.64. The molecule has 0 atom stereocenters. The topological polar surface area (TPSA) is 9.23 Å². The summed E-state index contributed by atoms with van der Waals surface area (Å²) in [6, 6.07) is 20.1. The third-order valence-corrected chi connectivity index (χ3v) is 3.83. The molecule has 21 heavy (non-hydrogen) atoms. The number of benzene rings is 2. The third-order valence-electron chi connectivity index (χ3n) is 2.32. The molecule has 0 aliphatic heterocycles. The first-order valence-electron chi connectivity index (χ1n) is 6.42. The van der Waals surface area contributed by atoms with Crippen molar-refractivity contribution in [2.24, 2.45) is 0 Å². The highest BCUT2D eigenvalue weighted by Crippen LogP contribution is 2.15. The van der Waals surface area contributed by atoms with E-state index in [9.17, 15) is 0 Å². The van der Waals surface area contributed by atoms with Crippen LogP contribution in [0, 0.1) is 22.3 Å². The summed E-state index contributed by atoms with van der Waals surface area (Å²) < 4.78 is 5.34. The number of rotatable bonds is 4. The Morgan fingerprint density at radius 3 is 1.52 bits per heavy atom. The molecule has 0 aliphatic carbocycles. The zero-order valence-corrected chi connectivity index (χ0v) is 13.0. The van der Waals surface area contributed by atoms with Crippen LogP contribution in [0.15, 0.2) is 70.5 Å². The molecule has 2 aromatic rings. The molecule has 0 aliphatic rings. The summed E-state index contributed by atoms with van der Waals surface area (Å²) in [5.41, 5.74) is 0. The Hall–Kier alpha value is -1.78. The van der Waals surface area contributed by atoms with E-state index in [2.05, 4.69) is 22.3 Å². The van der Waals surface area contributed by atoms with Gasteiger partial charge in [-0.3, -0.25) is 0 Å². The lowest BCUT2D eigenvalue weighted by Crippen LogP contribution is -1.90. The predicted octanol–water partition coefficient (Wildman–Crippen LogP) is 4.51. The summed E-state index contributed by atoms with van der Waals surface area (Å²) in [7, 11) is 0. The minimum absolute atomic E-state index is 0.407. The largest absolute Gasteiger partial charge is 0.356 e. The van der Waals surface area contributed by atoms with Gasteiger partial charge < -0.3 is 4.74 Å². The minimum Gasteiger partial charge on any atom is -0.356 e. The first-order chi connectivity index (χ1) is 10.4. The summed E-state index contributed by atoms with van der Waals surface area (Å²) >= 11 is 3.01. The lowest BCUT2D eigenvalue weighted by atomic mass is 10.4. The van der Waals surface area contributed by atoms with Gasteiger partial charge in [-0.05, 0) is 58.3 Å². The van der Waals surface area contributed by atoms with Crippen molar-refractivity contribution in [3.8, 4) is 22.3 Å². The van der Waals surface area contributed by atoms with Crippen LogP contribution >= 0.6 is 23.5 Å². The lowest BCUT2D eigenvalue weighted by Gasteiger charge is -1.92. The Bertz CT molecular complexity index is 586. The smallest absolute Gasteiger partial charge is 0.109 e. The van der Waals surface area contributed by atoms with Gasteiger partial charge in [-0.2, -0.15) is 0 Å². The van der Waals surface area contributed by atoms with Crippen LogP contribution in [0.25, 0.3) is 0 Å². The van der Waals surface area contributed by atoms with Crippen LogP contribution in [0.5, 0.6) is 0 Å². The molecule has 0 unspecified atom stereocenters. The molecule has 0 N–H and O–H groups in total. The average molecular weight is 310 g/mol. The number of hydrogen-bond donors (Lipinski definition) is 0. The standard InChI is InChI=1S/C18H14OS2/c1-3-9-17(10-4-1)20-15-7-13-19-14-8-16-21-18-11-5-2-6-12-18/h1-6,9-12H,13-14H2. The van der Waals surface area contributed by atoms with E-state index in [0.29, 0.717) is 13.2 Å². The normalized spacial score (nSPS) is 9.14. The van der Waals surface area contributed by atoms with Crippen molar-refractivity contribution in [1.82, 2.24) is 0 Å². The molecule has 0 amide bonds. The fourth-order valence-electron chi connectivity index (χ4n) is 1.38. The van der Waals surface area contributed by atoms with E-state index in [1.54, 1.807) is 0 Å². The van der Waals surface area contributed by atoms with Crippen molar-refractivity contribution < 1.29 is 4.74 Å². The quantitative estimate of drug-likeness (QED) is 0.467. The van der Waals surface area contributed by atoms with Gasteiger partial charge in [0.15, 0.2) is 0 Å². The zero-order valence-electron chi connectivity index (χ0n) is 11.4. The lowest BCUT2D eigenvalue weighted by molar-refractivity contribution is 0.205. The molecule has 0 saturated heterocycles. The maximum absolute atomic E-state index is 5.34. The van der Waals surface area contributed by atoms with Gasteiger partial charge in [0.05, 0.1) is 0 Å². The summed E-state index contributed by atoms with van der Waals surface area (Å²) in [6.45, 7) is 0.815. The summed E-state index contributed by atoms with van der Waals surface area (Å²) in [4.78, 5) is 2.29. The molecule has 0 saturated carbocycles. The van der Waals surface area contributed by atoms with E-state index < -0.39 is 0 Å². The molecule has 3 heteroatoms. The molecule has 0 bridgehead atoms. The van der Waals surface area contributed by atoms with Crippen LogP contribution in [-0.4, -0.2) is 13.2 Å². The summed E-state index contributed by atoms with van der Waals surface area (Å²) in [5, 5.41) is 6.01. The average Bonchev–Trinajstić information content (AvgIpc) is 2.55. The second-order valence-electron chi connectivity index (χ2n) is 3.88. The predicted molar refractivity (Wildman–Crippen MR) is 91.0 cm³/mol. The fraction of sp³-hybridized carbons (Fsp3) is 0.111. The molecule has 2 aromatic carbocycles. The van der Waals surface area contributed by atoms with E-state index in [1.165, 1.54) is 23.5 Å². The summed E-state index contributed by atoms with van der Waals surface area (Å²) in [6.07, 6.45) is 0. The maximum Gasteiger partial charge on any atom is 0.109 e. The van der Waals surface area contributed by atoms with Gasteiger partial charge in [0.25, 0.3) is 0 Å². The van der Waals surface area contributed by atoms with Crippen molar-refractivity contribution in [1.29, 1.82) is 0 Å². The van der Waals surface area contributed by atoms with Gasteiger partial charge in [0.2, 0.25) is 0 Å². The molecule has 0 aromatic heterocycles. The van der Waals surface area contributed by atoms with E-state index in [0.717, 1.165) is 9.79 Å². The van der Waals surface area contributed by atoms with Crippen LogP contribution in [0.1, 0.15) is 0 Å². The molecule has 0 heterocycles. The zero-order chi connectivity index (χ0) is 14.6. The van der Waals surface area contributed by atoms with Crippen LogP contribution in [0.3, 0.4) is 0 Å². The number of ether oxygens (including phenoxy) is 1. The Morgan fingerprint density at radius 1 is 0.667 bits per heavy atom. The highest BCUT2D eigenvalue weighted by molar-refractivity contribution is 8.04. The van der Waals surface area contributed by atoms with Crippen molar-refractivity contribution in [2.45, 2.75) is 9.79 Å². The van der Waals surface area contributed by atoms with Crippen LogP contribution in [0.4, 0.5) is 0 Å². The van der Waals surface area contributed by atoms with Crippen LogP contribution < -0.4 is 0 Å². The second kappa shape index (κ2) is 10.0. The molecule has 1 nitrogen and oxygen atoms in total. The number of hydrogen-bond acceptors (Lipinski definition) is 3. The number of thioether (sulfide) groups is 2. The minimum atomic E-state index is 0.407. The van der Waals surface area contributed by atoms with Crippen molar-refractivity contribution >= 4 is 23.5 Å². The molecular weight excluding hydrogens is 296 g/mol. The molecular formula is C18H14OS2. The van der Waals surface area contributed by atoms with Crippen molar-refractivity contribution in [2.75, 3.05) is 13.2 Å². The van der Waals surface area contributed by atoms with Gasteiger partial charge in [0.1, 0.15) is 13.2 Å². The van der Waals surface area contributed by atoms with E-state index in [1.807, 2.05) is 60.7 Å². The monoisotopic (exact) mass is 310 g/mol. The molecule has 0 radical (unpaired) electrons. The van der Waals surface area contributed by atoms with Crippen molar-refractivity contribution in [3.05, 3.63) is 60.7 Å². The molecule has 0 spiro atoms. The van der Waals surface area contributed by atoms with E-state index in [4.69, 9.17) is 4.74 Å². The first kappa shape index (κ1) is 15.6. The van der Waals surface area contributed by atoms with Crippen LogP contribution in [-0.2, 0) is 4.74 Å². The van der Waals surface area contributed by atoms with Crippen molar-refractivity contribution in [3.63, 3.8) is 0 Å². The Labute approximate surface area is 134 Å². The van der Waals surface area contributed by atoms with Gasteiger partial charge in [-0.25, -0.2) is 0 Å². The molecule has 0 fully saturated rings. The van der Waals surface area contributed by atoms with Gasteiger partial charge in [-0.15, -0.1) is 0 Å². The van der Waals surface area contributed by atoms with Gasteiger partial charge >= 0.3 is 0 Å². The highest BCUT2D eigenvalue weighted by Gasteiger charge is 1.87. The Kier molecular flexibility index (Phi) is 7.45.